The molecule has 2 aromatic rings. The standard InChI is InChI=1S/C17H19N3O3/c21-17(19-12-3-1-2-4-12)13-10-18-20-16(13)11-5-6-14-15(9-11)23-8-7-22-14/h5-6,9-10,12H,1-4,7-8H2,(H,18,20)(H,19,21). The second-order valence-electron chi connectivity index (χ2n) is 5.97. The van der Waals surface area contributed by atoms with E-state index >= 15 is 0 Å². The molecule has 1 saturated carbocycles. The minimum Gasteiger partial charge on any atom is -0.486 e. The van der Waals surface area contributed by atoms with E-state index in [9.17, 15) is 4.79 Å². The lowest BCUT2D eigenvalue weighted by molar-refractivity contribution is 0.0938. The molecule has 6 nitrogen and oxygen atoms in total. The highest BCUT2D eigenvalue weighted by molar-refractivity contribution is 6.00. The minimum atomic E-state index is -0.0736. The Bertz CT molecular complexity index is 720. The minimum absolute atomic E-state index is 0.0736. The fourth-order valence-electron chi connectivity index (χ4n) is 3.21. The predicted molar refractivity (Wildman–Crippen MR) is 84.7 cm³/mol. The van der Waals surface area contributed by atoms with Crippen molar-refractivity contribution in [1.82, 2.24) is 15.5 Å². The zero-order valence-corrected chi connectivity index (χ0v) is 12.8. The molecular weight excluding hydrogens is 294 g/mol. The highest BCUT2D eigenvalue weighted by Gasteiger charge is 2.22. The van der Waals surface area contributed by atoms with Crippen LogP contribution in [-0.4, -0.2) is 35.4 Å². The van der Waals surface area contributed by atoms with Crippen molar-refractivity contribution in [3.63, 3.8) is 0 Å². The number of H-pyrrole nitrogens is 1. The number of amides is 1. The monoisotopic (exact) mass is 313 g/mol. The third-order valence-electron chi connectivity index (χ3n) is 4.41. The van der Waals surface area contributed by atoms with Gasteiger partial charge in [0.25, 0.3) is 5.91 Å². The van der Waals surface area contributed by atoms with Gasteiger partial charge in [0.15, 0.2) is 11.5 Å². The number of fused-ring (bicyclic) bond motifs is 1. The smallest absolute Gasteiger partial charge is 0.255 e. The molecule has 0 radical (unpaired) electrons. The highest BCUT2D eigenvalue weighted by atomic mass is 16.6. The van der Waals surface area contributed by atoms with Crippen LogP contribution in [0.2, 0.25) is 0 Å². The Balaban J connectivity index is 1.60. The summed E-state index contributed by atoms with van der Waals surface area (Å²) in [5.41, 5.74) is 2.13. The number of nitrogens with zero attached hydrogens (tertiary/aromatic N) is 1. The van der Waals surface area contributed by atoms with Crippen molar-refractivity contribution in [3.8, 4) is 22.8 Å². The Kier molecular flexibility index (Phi) is 3.65. The molecule has 1 aliphatic carbocycles. The number of hydrogen-bond acceptors (Lipinski definition) is 4. The molecule has 23 heavy (non-hydrogen) atoms. The van der Waals surface area contributed by atoms with Gasteiger partial charge in [-0.25, -0.2) is 0 Å². The van der Waals surface area contributed by atoms with Gasteiger partial charge in [0.05, 0.1) is 17.5 Å². The van der Waals surface area contributed by atoms with E-state index in [2.05, 4.69) is 15.5 Å². The molecule has 2 N–H and O–H groups in total. The Labute approximate surface area is 134 Å². The number of ether oxygens (including phenoxy) is 2. The second-order valence-corrected chi connectivity index (χ2v) is 5.97. The van der Waals surface area contributed by atoms with Crippen LogP contribution >= 0.6 is 0 Å². The Morgan fingerprint density at radius 3 is 2.78 bits per heavy atom. The maximum absolute atomic E-state index is 12.5. The number of benzene rings is 1. The first kappa shape index (κ1) is 14.1. The molecule has 0 atom stereocenters. The van der Waals surface area contributed by atoms with E-state index in [0.29, 0.717) is 30.2 Å². The van der Waals surface area contributed by atoms with Crippen LogP contribution in [0.25, 0.3) is 11.3 Å². The Morgan fingerprint density at radius 1 is 1.17 bits per heavy atom. The van der Waals surface area contributed by atoms with Crippen LogP contribution in [0.1, 0.15) is 36.0 Å². The van der Waals surface area contributed by atoms with E-state index in [4.69, 9.17) is 9.47 Å². The summed E-state index contributed by atoms with van der Waals surface area (Å²) in [6, 6.07) is 5.94. The van der Waals surface area contributed by atoms with Crippen LogP contribution in [0.5, 0.6) is 11.5 Å². The van der Waals surface area contributed by atoms with E-state index in [-0.39, 0.29) is 11.9 Å². The maximum atomic E-state index is 12.5. The normalized spacial score (nSPS) is 17.2. The molecule has 0 saturated heterocycles. The summed E-state index contributed by atoms with van der Waals surface area (Å²) in [7, 11) is 0. The summed E-state index contributed by atoms with van der Waals surface area (Å²) in [5.74, 6) is 1.36. The van der Waals surface area contributed by atoms with Crippen molar-refractivity contribution in [2.24, 2.45) is 0 Å². The number of nitrogens with one attached hydrogen (secondary N) is 2. The number of carbonyl (C=O) groups excluding carboxylic acids is 1. The van der Waals surface area contributed by atoms with Gasteiger partial charge in [-0.15, -0.1) is 0 Å². The van der Waals surface area contributed by atoms with E-state index in [1.807, 2.05) is 18.2 Å². The lowest BCUT2D eigenvalue weighted by Gasteiger charge is -2.19. The molecule has 120 valence electrons. The van der Waals surface area contributed by atoms with Gasteiger partial charge in [-0.05, 0) is 31.0 Å². The molecular formula is C17H19N3O3. The first-order chi connectivity index (χ1) is 11.3. The summed E-state index contributed by atoms with van der Waals surface area (Å²) >= 11 is 0. The summed E-state index contributed by atoms with van der Waals surface area (Å²) in [5, 5.41) is 10.1. The van der Waals surface area contributed by atoms with E-state index < -0.39 is 0 Å². The number of carbonyl (C=O) groups is 1. The Morgan fingerprint density at radius 2 is 1.96 bits per heavy atom. The van der Waals surface area contributed by atoms with E-state index in [0.717, 1.165) is 24.2 Å². The fourth-order valence-corrected chi connectivity index (χ4v) is 3.21. The van der Waals surface area contributed by atoms with Crippen molar-refractivity contribution >= 4 is 5.91 Å². The van der Waals surface area contributed by atoms with Crippen molar-refractivity contribution < 1.29 is 14.3 Å². The third kappa shape index (κ3) is 2.76. The van der Waals surface area contributed by atoms with Gasteiger partial charge in [0.2, 0.25) is 0 Å². The molecule has 1 fully saturated rings. The van der Waals surface area contributed by atoms with Gasteiger partial charge in [0, 0.05) is 11.6 Å². The zero-order chi connectivity index (χ0) is 15.6. The molecule has 1 aromatic heterocycles. The first-order valence-electron chi connectivity index (χ1n) is 8.05. The van der Waals surface area contributed by atoms with Crippen molar-refractivity contribution in [1.29, 1.82) is 0 Å². The summed E-state index contributed by atoms with van der Waals surface area (Å²) in [4.78, 5) is 12.5. The molecule has 0 bridgehead atoms. The summed E-state index contributed by atoms with van der Waals surface area (Å²) in [6.07, 6.45) is 6.07. The summed E-state index contributed by atoms with van der Waals surface area (Å²) < 4.78 is 11.1. The SMILES string of the molecule is O=C(NC1CCCC1)c1cn[nH]c1-c1ccc2c(c1)OCCO2. The van der Waals surface area contributed by atoms with Crippen LogP contribution < -0.4 is 14.8 Å². The van der Waals surface area contributed by atoms with Crippen LogP contribution in [0, 0.1) is 0 Å². The highest BCUT2D eigenvalue weighted by Crippen LogP contribution is 2.34. The van der Waals surface area contributed by atoms with Crippen molar-refractivity contribution in [3.05, 3.63) is 30.0 Å². The van der Waals surface area contributed by atoms with E-state index in [1.165, 1.54) is 12.8 Å². The van der Waals surface area contributed by atoms with E-state index in [1.54, 1.807) is 6.20 Å². The molecule has 4 rings (SSSR count). The van der Waals surface area contributed by atoms with Gasteiger partial charge >= 0.3 is 0 Å². The average Bonchev–Trinajstić information content (AvgIpc) is 3.25. The molecule has 2 aliphatic rings. The molecule has 1 amide bonds. The molecule has 0 unspecified atom stereocenters. The predicted octanol–water partition coefficient (Wildman–Crippen LogP) is 2.52. The topological polar surface area (TPSA) is 76.2 Å². The summed E-state index contributed by atoms with van der Waals surface area (Å²) in [6.45, 7) is 1.10. The molecule has 1 aliphatic heterocycles. The van der Waals surface area contributed by atoms with Gasteiger partial charge in [-0.2, -0.15) is 5.10 Å². The average molecular weight is 313 g/mol. The fraction of sp³-hybridized carbons (Fsp3) is 0.412. The van der Waals surface area contributed by atoms with Crippen LogP contribution in [0.3, 0.4) is 0 Å². The van der Waals surface area contributed by atoms with Crippen LogP contribution in [-0.2, 0) is 0 Å². The molecule has 2 heterocycles. The first-order valence-corrected chi connectivity index (χ1v) is 8.05. The number of hydrogen-bond donors (Lipinski definition) is 2. The zero-order valence-electron chi connectivity index (χ0n) is 12.8. The lowest BCUT2D eigenvalue weighted by Crippen LogP contribution is -2.32. The second kappa shape index (κ2) is 5.95. The number of rotatable bonds is 3. The lowest BCUT2D eigenvalue weighted by atomic mass is 10.1. The Hall–Kier alpha value is -2.50. The van der Waals surface area contributed by atoms with Gasteiger partial charge < -0.3 is 14.8 Å². The van der Waals surface area contributed by atoms with Gasteiger partial charge in [-0.3, -0.25) is 9.89 Å². The maximum Gasteiger partial charge on any atom is 0.255 e. The van der Waals surface area contributed by atoms with Gasteiger partial charge in [0.1, 0.15) is 13.2 Å². The van der Waals surface area contributed by atoms with Crippen molar-refractivity contribution in [2.75, 3.05) is 13.2 Å². The van der Waals surface area contributed by atoms with Crippen LogP contribution in [0.15, 0.2) is 24.4 Å². The molecule has 1 aromatic carbocycles. The number of aromatic nitrogens is 2. The van der Waals surface area contributed by atoms with Gasteiger partial charge in [-0.1, -0.05) is 12.8 Å². The van der Waals surface area contributed by atoms with Crippen LogP contribution in [0.4, 0.5) is 0 Å². The molecule has 6 heteroatoms. The largest absolute Gasteiger partial charge is 0.486 e. The quantitative estimate of drug-likeness (QED) is 0.913. The third-order valence-corrected chi connectivity index (χ3v) is 4.41. The number of aromatic amines is 1. The molecule has 0 spiro atoms. The van der Waals surface area contributed by atoms with Crippen molar-refractivity contribution in [2.45, 2.75) is 31.7 Å².